The van der Waals surface area contributed by atoms with Crippen molar-refractivity contribution in [2.75, 3.05) is 10.2 Å². The van der Waals surface area contributed by atoms with E-state index in [0.717, 1.165) is 17.3 Å². The topological polar surface area (TPSA) is 107 Å². The lowest BCUT2D eigenvalue weighted by Gasteiger charge is -2.28. The molecule has 3 aromatic carbocycles. The minimum absolute atomic E-state index is 0.0223. The van der Waals surface area contributed by atoms with Gasteiger partial charge in [-0.2, -0.15) is 18.4 Å². The molecule has 0 atom stereocenters. The fourth-order valence-electron chi connectivity index (χ4n) is 4.29. The molecule has 2 N–H and O–H groups in total. The van der Waals surface area contributed by atoms with Gasteiger partial charge in [0.15, 0.2) is 0 Å². The van der Waals surface area contributed by atoms with E-state index in [4.69, 9.17) is 0 Å². The van der Waals surface area contributed by atoms with Crippen LogP contribution >= 0.6 is 0 Å². The first-order chi connectivity index (χ1) is 18.5. The lowest BCUT2D eigenvalue weighted by molar-refractivity contribution is -0.140. The van der Waals surface area contributed by atoms with Crippen LogP contribution in [0, 0.1) is 5.82 Å². The zero-order valence-corrected chi connectivity index (χ0v) is 20.6. The van der Waals surface area contributed by atoms with Crippen molar-refractivity contribution in [1.29, 1.82) is 0 Å². The van der Waals surface area contributed by atoms with Crippen LogP contribution in [-0.2, 0) is 17.5 Å². The number of anilines is 3. The standard InChI is InChI=1S/C26H21F4N7O2/c1-25(2)23(38)37(18-11-12-20(27)19(13-18)26(28,29)30)24(39)36(25)14-16-5-3-4-6-21(16)31-17-9-7-15(8-10-17)22-32-34-35-33-22/h3-13,31H,14H2,1-2H3,(H,32,33,34,35). The van der Waals surface area contributed by atoms with E-state index in [0.29, 0.717) is 34.1 Å². The fraction of sp³-hybridized carbons (Fsp3) is 0.192. The Bertz CT molecular complexity index is 1540. The molecule has 9 nitrogen and oxygen atoms in total. The number of nitrogens with one attached hydrogen (secondary N) is 2. The number of carbonyl (C=O) groups is 2. The lowest BCUT2D eigenvalue weighted by Crippen LogP contribution is -2.43. The Kier molecular flexibility index (Phi) is 6.29. The molecule has 0 bridgehead atoms. The molecule has 2 heterocycles. The second-order valence-electron chi connectivity index (χ2n) is 9.33. The number of aromatic nitrogens is 4. The SMILES string of the molecule is CC1(C)C(=O)N(c2ccc(F)c(C(F)(F)F)c2)C(=O)N1Cc1ccccc1Nc1ccc(-c2nn[nH]n2)cc1. The van der Waals surface area contributed by atoms with Gasteiger partial charge in [0.1, 0.15) is 11.4 Å². The monoisotopic (exact) mass is 539 g/mol. The third kappa shape index (κ3) is 4.78. The normalized spacial score (nSPS) is 15.2. The summed E-state index contributed by atoms with van der Waals surface area (Å²) in [4.78, 5) is 28.6. The largest absolute Gasteiger partial charge is 0.419 e. The highest BCUT2D eigenvalue weighted by Crippen LogP contribution is 2.38. The summed E-state index contributed by atoms with van der Waals surface area (Å²) in [6, 6.07) is 15.6. The highest BCUT2D eigenvalue weighted by Gasteiger charge is 2.52. The Hall–Kier alpha value is -4.81. The minimum Gasteiger partial charge on any atom is -0.355 e. The van der Waals surface area contributed by atoms with E-state index in [1.165, 1.54) is 18.7 Å². The highest BCUT2D eigenvalue weighted by atomic mass is 19.4. The number of hydrogen-bond acceptors (Lipinski definition) is 6. The predicted molar refractivity (Wildman–Crippen MR) is 133 cm³/mol. The molecule has 5 rings (SSSR count). The van der Waals surface area contributed by atoms with Gasteiger partial charge in [0, 0.05) is 16.9 Å². The van der Waals surface area contributed by atoms with Crippen LogP contribution in [0.1, 0.15) is 25.0 Å². The Morgan fingerprint density at radius 2 is 1.72 bits per heavy atom. The minimum atomic E-state index is -4.99. The van der Waals surface area contributed by atoms with Crippen LogP contribution in [0.5, 0.6) is 0 Å². The molecular formula is C26H21F4N7O2. The van der Waals surface area contributed by atoms with Gasteiger partial charge in [-0.05, 0) is 73.2 Å². The van der Waals surface area contributed by atoms with Crippen molar-refractivity contribution in [3.63, 3.8) is 0 Å². The number of rotatable bonds is 6. The maximum Gasteiger partial charge on any atom is 0.419 e. The van der Waals surface area contributed by atoms with Crippen LogP contribution in [0.25, 0.3) is 11.4 Å². The van der Waals surface area contributed by atoms with E-state index in [1.807, 2.05) is 12.1 Å². The van der Waals surface area contributed by atoms with Crippen molar-refractivity contribution >= 4 is 29.0 Å². The van der Waals surface area contributed by atoms with Crippen LogP contribution in [0.2, 0.25) is 0 Å². The smallest absolute Gasteiger partial charge is 0.355 e. The number of amides is 3. The fourth-order valence-corrected chi connectivity index (χ4v) is 4.29. The number of halogens is 4. The number of H-pyrrole nitrogens is 1. The van der Waals surface area contributed by atoms with Gasteiger partial charge in [-0.1, -0.05) is 18.2 Å². The number of benzene rings is 3. The van der Waals surface area contributed by atoms with Gasteiger partial charge in [0.2, 0.25) is 5.82 Å². The molecule has 1 aliphatic heterocycles. The van der Waals surface area contributed by atoms with Gasteiger partial charge in [-0.15, -0.1) is 10.2 Å². The summed E-state index contributed by atoms with van der Waals surface area (Å²) < 4.78 is 53.7. The van der Waals surface area contributed by atoms with Gasteiger partial charge in [-0.3, -0.25) is 4.79 Å². The van der Waals surface area contributed by atoms with Gasteiger partial charge < -0.3 is 10.2 Å². The molecule has 1 fully saturated rings. The first-order valence-electron chi connectivity index (χ1n) is 11.7. The van der Waals surface area contributed by atoms with Gasteiger partial charge >= 0.3 is 12.2 Å². The predicted octanol–water partition coefficient (Wildman–Crippen LogP) is 5.52. The number of alkyl halides is 3. The molecule has 0 radical (unpaired) electrons. The van der Waals surface area contributed by atoms with E-state index >= 15 is 0 Å². The zero-order chi connectivity index (χ0) is 27.9. The molecule has 0 saturated carbocycles. The van der Waals surface area contributed by atoms with E-state index < -0.39 is 35.0 Å². The van der Waals surface area contributed by atoms with Crippen LogP contribution < -0.4 is 10.2 Å². The Labute approximate surface area is 219 Å². The first kappa shape index (κ1) is 25.8. The highest BCUT2D eigenvalue weighted by molar-refractivity contribution is 6.23. The second-order valence-corrected chi connectivity index (χ2v) is 9.33. The number of hydrogen-bond donors (Lipinski definition) is 2. The van der Waals surface area contributed by atoms with Crippen LogP contribution in [0.15, 0.2) is 66.7 Å². The van der Waals surface area contributed by atoms with Crippen molar-refractivity contribution in [3.8, 4) is 11.4 Å². The quantitative estimate of drug-likeness (QED) is 0.247. The molecule has 0 aliphatic carbocycles. The molecule has 1 aliphatic rings. The third-order valence-electron chi connectivity index (χ3n) is 6.45. The summed E-state index contributed by atoms with van der Waals surface area (Å²) in [6.45, 7) is 2.99. The maximum absolute atomic E-state index is 13.8. The van der Waals surface area contributed by atoms with Crippen LogP contribution in [0.3, 0.4) is 0 Å². The number of aromatic amines is 1. The molecule has 4 aromatic rings. The van der Waals surface area contributed by atoms with E-state index in [-0.39, 0.29) is 12.2 Å². The molecular weight excluding hydrogens is 518 g/mol. The molecule has 0 spiro atoms. The Balaban J connectivity index is 1.41. The number of tetrazole rings is 1. The summed E-state index contributed by atoms with van der Waals surface area (Å²) in [5.74, 6) is -1.78. The summed E-state index contributed by atoms with van der Waals surface area (Å²) in [6.07, 6.45) is -4.99. The van der Waals surface area contributed by atoms with Gasteiger partial charge in [0.05, 0.1) is 17.8 Å². The lowest BCUT2D eigenvalue weighted by atomic mass is 10.0. The molecule has 200 valence electrons. The van der Waals surface area contributed by atoms with Crippen LogP contribution in [0.4, 0.5) is 39.4 Å². The summed E-state index contributed by atoms with van der Waals surface area (Å²) >= 11 is 0. The average molecular weight is 539 g/mol. The second kappa shape index (κ2) is 9.49. The summed E-state index contributed by atoms with van der Waals surface area (Å²) in [5, 5.41) is 17.1. The van der Waals surface area contributed by atoms with E-state index in [9.17, 15) is 27.2 Å². The maximum atomic E-state index is 13.8. The van der Waals surface area contributed by atoms with Crippen molar-refractivity contribution < 1.29 is 27.2 Å². The van der Waals surface area contributed by atoms with E-state index in [1.54, 1.807) is 36.4 Å². The first-order valence-corrected chi connectivity index (χ1v) is 11.7. The molecule has 13 heteroatoms. The summed E-state index contributed by atoms with van der Waals surface area (Å²) in [7, 11) is 0. The molecule has 0 unspecified atom stereocenters. The number of imide groups is 1. The molecule has 39 heavy (non-hydrogen) atoms. The number of nitrogens with zero attached hydrogens (tertiary/aromatic N) is 5. The number of urea groups is 1. The van der Waals surface area contributed by atoms with Gasteiger partial charge in [0.25, 0.3) is 5.91 Å². The number of para-hydroxylation sites is 1. The van der Waals surface area contributed by atoms with E-state index in [2.05, 4.69) is 25.9 Å². The van der Waals surface area contributed by atoms with Crippen molar-refractivity contribution in [2.24, 2.45) is 0 Å². The molecule has 1 saturated heterocycles. The molecule has 3 amide bonds. The van der Waals surface area contributed by atoms with Crippen molar-refractivity contribution in [2.45, 2.75) is 32.1 Å². The Morgan fingerprint density at radius 3 is 2.38 bits per heavy atom. The zero-order valence-electron chi connectivity index (χ0n) is 20.6. The number of carbonyl (C=O) groups excluding carboxylic acids is 2. The van der Waals surface area contributed by atoms with Crippen LogP contribution in [-0.4, -0.2) is 43.0 Å². The molecule has 1 aromatic heterocycles. The summed E-state index contributed by atoms with van der Waals surface area (Å²) in [5.41, 5.74) is -0.514. The van der Waals surface area contributed by atoms with Crippen molar-refractivity contribution in [1.82, 2.24) is 25.5 Å². The third-order valence-corrected chi connectivity index (χ3v) is 6.45. The Morgan fingerprint density at radius 1 is 1.00 bits per heavy atom. The van der Waals surface area contributed by atoms with Crippen molar-refractivity contribution in [3.05, 3.63) is 83.7 Å². The average Bonchev–Trinajstić information content (AvgIpc) is 3.48. The van der Waals surface area contributed by atoms with Gasteiger partial charge in [-0.25, -0.2) is 14.1 Å².